The van der Waals surface area contributed by atoms with Crippen LogP contribution in [0, 0.1) is 52.3 Å². The Balaban J connectivity index is 1.26. The molecule has 0 aromatic heterocycles. The van der Waals surface area contributed by atoms with Gasteiger partial charge in [-0.25, -0.2) is 0 Å². The Morgan fingerprint density at radius 2 is 1.89 bits per heavy atom. The first-order chi connectivity index (χ1) is 26.0. The zero-order valence-corrected chi connectivity index (χ0v) is 33.9. The molecule has 11 heteroatoms. The van der Waals surface area contributed by atoms with Gasteiger partial charge in [0.25, 0.3) is 0 Å². The molecule has 17 atom stereocenters. The number of ketones is 1. The molecule has 5 fully saturated rings. The maximum Gasteiger partial charge on any atom is 0.182 e. The highest BCUT2D eigenvalue weighted by molar-refractivity contribution is 6.00. The monoisotopic (exact) mass is 770 g/mol. The minimum atomic E-state index is -1.59. The fourth-order valence-electron chi connectivity index (χ4n) is 13.7. The van der Waals surface area contributed by atoms with E-state index in [0.717, 1.165) is 24.8 Å². The van der Waals surface area contributed by atoms with Crippen molar-refractivity contribution >= 4 is 5.78 Å². The standard InChI is InChI=1S/C44H71N3O8/c1-6-7-8-9-10-27-23-55-39(25(27)3)40(52)42(5,53)32-16-18-44(54)35-30(15-17-41(32,44)4)43-20-31(49)37(50)29(34(43)38(51)36(35)47-21-24(2)48)13-12-28(43)19-26-11-14-33(45)46-22-26/h11,14,22,24-25,27-34,37,39-40,46-50,52-54H,6-10,12-13,15-21,23,45H2,1-5H3/t24-,25-,27+,28+,29+,30-,31-,32-,33?,34-,37+,39+,40+,41+,42+,43-,44+/m0/s1. The van der Waals surface area contributed by atoms with Crippen LogP contribution in [0.4, 0.5) is 0 Å². The molecule has 4 saturated carbocycles. The number of carbonyl (C=O) groups excluding carboxylic acids is 1. The molecule has 0 aromatic carbocycles. The van der Waals surface area contributed by atoms with E-state index in [-0.39, 0.29) is 42.7 Å². The lowest BCUT2D eigenvalue weighted by molar-refractivity contribution is -0.216. The SMILES string of the molecule is CCCCCC[C@@H]1CO[C@@H]([C@@H](O)[C@](C)(O)[C@H]2CC[C@@]3(O)C4=C(NC[C@H](C)O)C(=O)[C@@H]5[C@H]6CC[C@H](CC7=CNC(N)C=C7)[C@@]5(C[C@H](O)[C@@H]6O)[C@H]4CC[C@]23C)[C@H]1C. The van der Waals surface area contributed by atoms with Crippen molar-refractivity contribution < 1.29 is 40.2 Å². The molecule has 7 aliphatic rings. The van der Waals surface area contributed by atoms with E-state index >= 15 is 4.79 Å². The summed E-state index contributed by atoms with van der Waals surface area (Å²) in [7, 11) is 0. The van der Waals surface area contributed by atoms with Crippen molar-refractivity contribution in [2.24, 2.45) is 58.0 Å². The van der Waals surface area contributed by atoms with Crippen molar-refractivity contribution in [1.29, 1.82) is 0 Å². The molecule has 1 saturated heterocycles. The van der Waals surface area contributed by atoms with Crippen LogP contribution >= 0.6 is 0 Å². The number of nitrogens with two attached hydrogens (primary N) is 1. The van der Waals surface area contributed by atoms with Crippen molar-refractivity contribution in [1.82, 2.24) is 10.6 Å². The molecule has 5 aliphatic carbocycles. The van der Waals surface area contributed by atoms with Gasteiger partial charge in [-0.15, -0.1) is 0 Å². The van der Waals surface area contributed by atoms with Gasteiger partial charge in [-0.3, -0.25) is 4.79 Å². The van der Waals surface area contributed by atoms with Gasteiger partial charge in [-0.1, -0.05) is 52.5 Å². The van der Waals surface area contributed by atoms with Crippen LogP contribution in [0.5, 0.6) is 0 Å². The number of hydrogen-bond donors (Lipinski definition) is 9. The van der Waals surface area contributed by atoms with Gasteiger partial charge in [-0.05, 0) is 130 Å². The zero-order chi connectivity index (χ0) is 39.7. The average Bonchev–Trinajstić information content (AvgIpc) is 3.65. The second kappa shape index (κ2) is 15.4. The van der Waals surface area contributed by atoms with Crippen LogP contribution in [0.25, 0.3) is 0 Å². The predicted octanol–water partition coefficient (Wildman–Crippen LogP) is 3.56. The molecule has 2 aliphatic heterocycles. The van der Waals surface area contributed by atoms with Crippen molar-refractivity contribution in [3.8, 4) is 0 Å². The molecular formula is C44H71N3O8. The lowest BCUT2D eigenvalue weighted by Gasteiger charge is -2.67. The summed E-state index contributed by atoms with van der Waals surface area (Å²) < 4.78 is 6.29. The quantitative estimate of drug-likeness (QED) is 0.124. The van der Waals surface area contributed by atoms with Crippen molar-refractivity contribution in [3.63, 3.8) is 0 Å². The van der Waals surface area contributed by atoms with E-state index in [1.165, 1.54) is 19.3 Å². The number of aliphatic hydroxyl groups excluding tert-OH is 4. The highest BCUT2D eigenvalue weighted by atomic mass is 16.5. The zero-order valence-electron chi connectivity index (χ0n) is 33.9. The molecular weight excluding hydrogens is 698 g/mol. The maximum absolute atomic E-state index is 15.3. The summed E-state index contributed by atoms with van der Waals surface area (Å²) >= 11 is 0. The predicted molar refractivity (Wildman–Crippen MR) is 210 cm³/mol. The number of rotatable bonds is 13. The molecule has 0 radical (unpaired) electrons. The number of hydrogen-bond acceptors (Lipinski definition) is 11. The van der Waals surface area contributed by atoms with Gasteiger partial charge in [0.15, 0.2) is 5.78 Å². The van der Waals surface area contributed by atoms with Crippen LogP contribution in [0.3, 0.4) is 0 Å². The van der Waals surface area contributed by atoms with Crippen LogP contribution in [0.15, 0.2) is 35.2 Å². The van der Waals surface area contributed by atoms with Crippen LogP contribution in [-0.4, -0.2) is 97.5 Å². The first-order valence-electron chi connectivity index (χ1n) is 21.7. The molecule has 10 N–H and O–H groups in total. The largest absolute Gasteiger partial charge is 0.392 e. The Kier molecular flexibility index (Phi) is 11.6. The van der Waals surface area contributed by atoms with Crippen molar-refractivity contribution in [2.75, 3.05) is 13.2 Å². The molecule has 0 aromatic rings. The van der Waals surface area contributed by atoms with Gasteiger partial charge < -0.3 is 51.7 Å². The number of nitrogens with one attached hydrogen (secondary N) is 2. The molecule has 0 spiro atoms. The first kappa shape index (κ1) is 41.3. The smallest absolute Gasteiger partial charge is 0.182 e. The fraction of sp³-hybridized carbons (Fsp3) is 0.841. The van der Waals surface area contributed by atoms with E-state index in [9.17, 15) is 30.6 Å². The Morgan fingerprint density at radius 1 is 1.13 bits per heavy atom. The second-order valence-electron chi connectivity index (χ2n) is 19.5. The number of allylic oxidation sites excluding steroid dienone is 3. The van der Waals surface area contributed by atoms with Crippen LogP contribution < -0.4 is 16.4 Å². The summed E-state index contributed by atoms with van der Waals surface area (Å²) in [6, 6.07) is 0. The van der Waals surface area contributed by atoms with Crippen molar-refractivity contribution in [2.45, 2.75) is 166 Å². The van der Waals surface area contributed by atoms with Crippen molar-refractivity contribution in [3.05, 3.63) is 35.2 Å². The summed E-state index contributed by atoms with van der Waals surface area (Å²) in [4.78, 5) is 15.3. The summed E-state index contributed by atoms with van der Waals surface area (Å²) in [6.45, 7) is 10.4. The number of carbonyl (C=O) groups is 1. The number of ether oxygens (including phenoxy) is 1. The topological polar surface area (TPSA) is 198 Å². The summed E-state index contributed by atoms with van der Waals surface area (Å²) in [6.07, 6.45) is 11.0. The molecule has 2 bridgehead atoms. The number of dihydropyridines is 1. The van der Waals surface area contributed by atoms with Crippen LogP contribution in [0.1, 0.15) is 118 Å². The highest BCUT2D eigenvalue weighted by Crippen LogP contribution is 2.73. The van der Waals surface area contributed by atoms with E-state index in [2.05, 4.69) is 24.5 Å². The Labute approximate surface area is 328 Å². The highest BCUT2D eigenvalue weighted by Gasteiger charge is 2.74. The number of unbranched alkanes of at least 4 members (excludes halogenated alkanes) is 3. The molecule has 1 unspecified atom stereocenters. The number of fused-ring (bicyclic) bond motifs is 3. The molecule has 11 nitrogen and oxygen atoms in total. The normalized spacial score (nSPS) is 45.9. The first-order valence-corrected chi connectivity index (χ1v) is 21.7. The van der Waals surface area contributed by atoms with Gasteiger partial charge >= 0.3 is 0 Å². The third-order valence-electron chi connectivity index (χ3n) is 16.6. The number of Topliss-reactive ketones (excluding diaryl/α,β-unsaturated/α-hetero) is 1. The van der Waals surface area contributed by atoms with E-state index in [0.29, 0.717) is 62.3 Å². The fourth-order valence-corrected chi connectivity index (χ4v) is 13.7. The van der Waals surface area contributed by atoms with Gasteiger partial charge in [0, 0.05) is 24.1 Å². The van der Waals surface area contributed by atoms with Crippen LogP contribution in [-0.2, 0) is 9.53 Å². The van der Waals surface area contributed by atoms with E-state index in [1.54, 1.807) is 13.8 Å². The van der Waals surface area contributed by atoms with Gasteiger partial charge in [0.05, 0.1) is 54.1 Å². The Hall–Kier alpha value is -1.83. The van der Waals surface area contributed by atoms with E-state index < -0.39 is 70.3 Å². The Morgan fingerprint density at radius 3 is 2.58 bits per heavy atom. The third kappa shape index (κ3) is 6.59. The molecule has 7 rings (SSSR count). The van der Waals surface area contributed by atoms with E-state index in [4.69, 9.17) is 10.5 Å². The van der Waals surface area contributed by atoms with Gasteiger partial charge in [0.1, 0.15) is 6.10 Å². The second-order valence-corrected chi connectivity index (χ2v) is 19.5. The summed E-state index contributed by atoms with van der Waals surface area (Å²) in [5.74, 6) is -1.58. The van der Waals surface area contributed by atoms with Gasteiger partial charge in [0.2, 0.25) is 0 Å². The third-order valence-corrected chi connectivity index (χ3v) is 16.6. The molecule has 310 valence electrons. The minimum absolute atomic E-state index is 0.0174. The van der Waals surface area contributed by atoms with E-state index in [1.807, 2.05) is 25.3 Å². The molecule has 0 amide bonds. The average molecular weight is 770 g/mol. The number of aliphatic hydroxyl groups is 6. The maximum atomic E-state index is 15.3. The molecule has 2 heterocycles. The molecule has 55 heavy (non-hydrogen) atoms. The lowest BCUT2D eigenvalue weighted by Crippen LogP contribution is -2.70. The summed E-state index contributed by atoms with van der Waals surface area (Å²) in [5.41, 5.74) is 3.38. The minimum Gasteiger partial charge on any atom is -0.392 e. The Bertz CT molecular complexity index is 1530. The van der Waals surface area contributed by atoms with Gasteiger partial charge in [-0.2, -0.15) is 0 Å². The summed E-state index contributed by atoms with van der Waals surface area (Å²) in [5, 5.41) is 78.2. The lowest BCUT2D eigenvalue weighted by atomic mass is 9.37. The van der Waals surface area contributed by atoms with Crippen LogP contribution in [0.2, 0.25) is 0 Å².